The Labute approximate surface area is 147 Å². The van der Waals surface area contributed by atoms with Crippen LogP contribution in [-0.2, 0) is 12.8 Å². The van der Waals surface area contributed by atoms with E-state index in [1.165, 1.54) is 0 Å². The van der Waals surface area contributed by atoms with Crippen LogP contribution in [0.1, 0.15) is 49.0 Å². The molecule has 0 radical (unpaired) electrons. The molecule has 1 saturated carbocycles. The molecule has 1 aliphatic carbocycles. The van der Waals surface area contributed by atoms with Crippen molar-refractivity contribution in [2.45, 2.75) is 45.1 Å². The highest BCUT2D eigenvalue weighted by Crippen LogP contribution is 2.39. The fourth-order valence-corrected chi connectivity index (χ4v) is 2.97. The summed E-state index contributed by atoms with van der Waals surface area (Å²) in [4.78, 5) is 4.53. The van der Waals surface area contributed by atoms with Crippen LogP contribution < -0.4 is 5.73 Å². The minimum atomic E-state index is 0.0336. The van der Waals surface area contributed by atoms with E-state index in [1.807, 2.05) is 42.1 Å². The fraction of sp³-hybridized carbons (Fsp3) is 0.389. The number of nitrogens with zero attached hydrogens (tertiary/aromatic N) is 3. The zero-order chi connectivity index (χ0) is 17.1. The maximum Gasteiger partial charge on any atom is 0.161 e. The summed E-state index contributed by atoms with van der Waals surface area (Å²) < 4.78 is 1.95. The molecule has 0 amide bonds. The van der Waals surface area contributed by atoms with E-state index in [-0.39, 0.29) is 5.84 Å². The number of nitrogens with one attached hydrogen (secondary N) is 1. The number of amidine groups is 1. The van der Waals surface area contributed by atoms with Gasteiger partial charge in [0.1, 0.15) is 5.84 Å². The van der Waals surface area contributed by atoms with Crippen LogP contribution in [0.5, 0.6) is 0 Å². The molecule has 1 aliphatic rings. The number of hydrogen-bond donors (Lipinski definition) is 2. The van der Waals surface area contributed by atoms with Gasteiger partial charge < -0.3 is 5.73 Å². The number of benzene rings is 1. The molecule has 1 aromatic heterocycles. The lowest BCUT2D eigenvalue weighted by Crippen LogP contribution is -2.13. The van der Waals surface area contributed by atoms with E-state index in [1.54, 1.807) is 0 Å². The highest BCUT2D eigenvalue weighted by molar-refractivity contribution is 6.30. The minimum Gasteiger partial charge on any atom is -0.384 e. The Morgan fingerprint density at radius 1 is 1.46 bits per heavy atom. The molecular weight excluding hydrogens is 322 g/mol. The number of hydrogen-bond acceptors (Lipinski definition) is 3. The molecule has 1 fully saturated rings. The predicted octanol–water partition coefficient (Wildman–Crippen LogP) is 4.05. The Bertz CT molecular complexity index is 774. The van der Waals surface area contributed by atoms with Gasteiger partial charge in [0, 0.05) is 11.2 Å². The lowest BCUT2D eigenvalue weighted by Gasteiger charge is -2.03. The average Bonchev–Trinajstić information content (AvgIpc) is 3.32. The lowest BCUT2D eigenvalue weighted by molar-refractivity contribution is 0.632. The summed E-state index contributed by atoms with van der Waals surface area (Å²) in [5.41, 5.74) is 8.52. The third-order valence-corrected chi connectivity index (χ3v) is 4.29. The highest BCUT2D eigenvalue weighted by atomic mass is 35.5. The van der Waals surface area contributed by atoms with E-state index < -0.39 is 0 Å². The maximum atomic E-state index is 7.97. The van der Waals surface area contributed by atoms with E-state index in [2.05, 4.69) is 4.99 Å². The normalized spacial score (nSPS) is 14.4. The van der Waals surface area contributed by atoms with E-state index >= 15 is 0 Å². The first kappa shape index (κ1) is 16.7. The number of rotatable bonds is 7. The summed E-state index contributed by atoms with van der Waals surface area (Å²) in [5.74, 6) is 0.763. The third-order valence-electron chi connectivity index (χ3n) is 4.06. The Morgan fingerprint density at radius 2 is 2.25 bits per heavy atom. The van der Waals surface area contributed by atoms with Crippen LogP contribution in [0.4, 0.5) is 5.82 Å². The van der Waals surface area contributed by atoms with E-state index in [0.717, 1.165) is 47.8 Å². The van der Waals surface area contributed by atoms with Crippen molar-refractivity contribution in [1.29, 1.82) is 5.41 Å². The largest absolute Gasteiger partial charge is 0.384 e. The van der Waals surface area contributed by atoms with Crippen molar-refractivity contribution < 1.29 is 0 Å². The van der Waals surface area contributed by atoms with Gasteiger partial charge in [-0.05, 0) is 49.8 Å². The monoisotopic (exact) mass is 343 g/mol. The van der Waals surface area contributed by atoms with Crippen LogP contribution >= 0.6 is 11.6 Å². The Balaban J connectivity index is 1.91. The van der Waals surface area contributed by atoms with Crippen molar-refractivity contribution in [3.05, 3.63) is 46.1 Å². The zero-order valence-electron chi connectivity index (χ0n) is 13.8. The summed E-state index contributed by atoms with van der Waals surface area (Å²) in [5, 5.41) is 13.4. The minimum absolute atomic E-state index is 0.0336. The molecule has 24 heavy (non-hydrogen) atoms. The van der Waals surface area contributed by atoms with E-state index in [0.29, 0.717) is 18.0 Å². The quantitative estimate of drug-likeness (QED) is 0.587. The van der Waals surface area contributed by atoms with Crippen molar-refractivity contribution >= 4 is 29.5 Å². The Morgan fingerprint density at radius 3 is 2.88 bits per heavy atom. The third kappa shape index (κ3) is 3.67. The van der Waals surface area contributed by atoms with Gasteiger partial charge >= 0.3 is 0 Å². The summed E-state index contributed by atoms with van der Waals surface area (Å²) >= 11 is 6.05. The van der Waals surface area contributed by atoms with Gasteiger partial charge in [-0.25, -0.2) is 9.67 Å². The van der Waals surface area contributed by atoms with Crippen LogP contribution in [0.15, 0.2) is 29.3 Å². The molecule has 6 heteroatoms. The molecule has 0 spiro atoms. The summed E-state index contributed by atoms with van der Waals surface area (Å²) in [6.07, 6.45) is 6.43. The van der Waals surface area contributed by atoms with Crippen LogP contribution in [0.25, 0.3) is 0 Å². The molecule has 0 atom stereocenters. The molecular formula is C18H22ClN5. The van der Waals surface area contributed by atoms with Crippen molar-refractivity contribution in [2.24, 2.45) is 10.7 Å². The molecule has 1 aromatic carbocycles. The van der Waals surface area contributed by atoms with Crippen LogP contribution in [0.2, 0.25) is 5.02 Å². The topological polar surface area (TPSA) is 80.1 Å². The lowest BCUT2D eigenvalue weighted by atomic mass is 10.1. The highest BCUT2D eigenvalue weighted by Gasteiger charge is 2.30. The number of aryl methyl sites for hydroxylation is 2. The van der Waals surface area contributed by atoms with Gasteiger partial charge in [0.05, 0.1) is 17.3 Å². The van der Waals surface area contributed by atoms with Gasteiger partial charge in [-0.15, -0.1) is 0 Å². The summed E-state index contributed by atoms with van der Waals surface area (Å²) in [7, 11) is 0. The molecule has 3 rings (SSSR count). The van der Waals surface area contributed by atoms with Crippen molar-refractivity contribution in [2.75, 3.05) is 0 Å². The van der Waals surface area contributed by atoms with Crippen molar-refractivity contribution in [3.63, 3.8) is 0 Å². The van der Waals surface area contributed by atoms with Crippen LogP contribution in [0.3, 0.4) is 0 Å². The number of aromatic nitrogens is 2. The molecule has 126 valence electrons. The van der Waals surface area contributed by atoms with Crippen LogP contribution in [0, 0.1) is 5.41 Å². The first-order valence-electron chi connectivity index (χ1n) is 8.33. The molecule has 0 unspecified atom stereocenters. The first-order valence-corrected chi connectivity index (χ1v) is 8.70. The summed E-state index contributed by atoms with van der Waals surface area (Å²) in [6, 6.07) is 8.22. The predicted molar refractivity (Wildman–Crippen MR) is 98.8 cm³/mol. The SMILES string of the molecule is CC/C=N\c1c(C(=N)N)c(CCc2cccc(Cl)c2)nn1C1CC1. The molecule has 0 bridgehead atoms. The maximum absolute atomic E-state index is 7.97. The molecule has 5 nitrogen and oxygen atoms in total. The average molecular weight is 344 g/mol. The first-order chi connectivity index (χ1) is 11.6. The van der Waals surface area contributed by atoms with E-state index in [9.17, 15) is 0 Å². The molecule has 2 aromatic rings. The van der Waals surface area contributed by atoms with Crippen molar-refractivity contribution in [3.8, 4) is 0 Å². The molecule has 0 saturated heterocycles. The standard InChI is InChI=1S/C18H22ClN5/c1-2-10-22-18-16(17(20)21)15(23-24(18)14-7-8-14)9-6-12-4-3-5-13(19)11-12/h3-5,10-11,14H,2,6-9H2,1H3,(H3,20,21)/b22-10-. The smallest absolute Gasteiger partial charge is 0.161 e. The summed E-state index contributed by atoms with van der Waals surface area (Å²) in [6.45, 7) is 2.04. The number of nitrogen functional groups attached to an aromatic ring is 1. The fourth-order valence-electron chi connectivity index (χ4n) is 2.75. The number of aliphatic imine (C=N–C) groups is 1. The van der Waals surface area contributed by atoms with Gasteiger partial charge in [0.15, 0.2) is 5.82 Å². The molecule has 0 aliphatic heterocycles. The van der Waals surface area contributed by atoms with Gasteiger partial charge in [0.25, 0.3) is 0 Å². The zero-order valence-corrected chi connectivity index (χ0v) is 14.6. The van der Waals surface area contributed by atoms with Gasteiger partial charge in [-0.2, -0.15) is 5.10 Å². The number of halogens is 1. The van der Waals surface area contributed by atoms with Gasteiger partial charge in [0.2, 0.25) is 0 Å². The molecule has 1 heterocycles. The second-order valence-corrected chi connectivity index (χ2v) is 6.52. The van der Waals surface area contributed by atoms with Gasteiger partial charge in [-0.3, -0.25) is 5.41 Å². The Kier molecular flexibility index (Phi) is 5.00. The van der Waals surface area contributed by atoms with Crippen molar-refractivity contribution in [1.82, 2.24) is 9.78 Å². The van der Waals surface area contributed by atoms with Gasteiger partial charge in [-0.1, -0.05) is 30.7 Å². The van der Waals surface area contributed by atoms with Crippen LogP contribution in [-0.4, -0.2) is 21.8 Å². The second kappa shape index (κ2) is 7.18. The second-order valence-electron chi connectivity index (χ2n) is 6.08. The Hall–Kier alpha value is -2.14. The molecule has 3 N–H and O–H groups in total. The number of nitrogens with two attached hydrogens (primary N) is 1. The van der Waals surface area contributed by atoms with E-state index in [4.69, 9.17) is 27.8 Å².